The first-order valence-corrected chi connectivity index (χ1v) is 11.6. The van der Waals surface area contributed by atoms with Crippen molar-refractivity contribution in [1.29, 1.82) is 0 Å². The molecule has 1 aliphatic carbocycles. The quantitative estimate of drug-likeness (QED) is 0.338. The van der Waals surface area contributed by atoms with Gasteiger partial charge in [0, 0.05) is 5.92 Å². The molecule has 1 fully saturated rings. The first kappa shape index (κ1) is 24.0. The van der Waals surface area contributed by atoms with Crippen LogP contribution in [0.25, 0.3) is 0 Å². The Labute approximate surface area is 184 Å². The number of hydrogen-bond acceptors (Lipinski definition) is 1. The normalized spacial score (nSPS) is 22.8. The lowest BCUT2D eigenvalue weighted by atomic mass is 9.77. The third-order valence-corrected chi connectivity index (χ3v) is 6.36. The van der Waals surface area contributed by atoms with Crippen molar-refractivity contribution in [3.05, 3.63) is 94.8 Å². The van der Waals surface area contributed by atoms with E-state index in [9.17, 15) is 5.11 Å². The molecule has 0 heterocycles. The zero-order valence-corrected chi connectivity index (χ0v) is 19.6. The molecule has 0 aromatic heterocycles. The summed E-state index contributed by atoms with van der Waals surface area (Å²) in [6.07, 6.45) is 21.1. The summed E-state index contributed by atoms with van der Waals surface area (Å²) in [5, 5.41) is 9.99. The van der Waals surface area contributed by atoms with Crippen LogP contribution in [0, 0.1) is 5.92 Å². The van der Waals surface area contributed by atoms with Gasteiger partial charge in [-0.15, -0.1) is 0 Å². The van der Waals surface area contributed by atoms with Gasteiger partial charge < -0.3 is 5.11 Å². The number of rotatable bonds is 8. The van der Waals surface area contributed by atoms with Crippen molar-refractivity contribution in [1.82, 2.24) is 0 Å². The number of benzene rings is 1. The van der Waals surface area contributed by atoms with Crippen molar-refractivity contribution in [2.45, 2.75) is 78.6 Å². The van der Waals surface area contributed by atoms with Gasteiger partial charge in [-0.3, -0.25) is 0 Å². The molecular weight excluding hydrogens is 364 g/mol. The summed E-state index contributed by atoms with van der Waals surface area (Å²) in [7, 11) is 0. The monoisotopic (exact) mass is 404 g/mol. The van der Waals surface area contributed by atoms with Crippen LogP contribution < -0.4 is 0 Å². The Bertz CT molecular complexity index is 789. The Morgan fingerprint density at radius 3 is 2.10 bits per heavy atom. The minimum Gasteiger partial charge on any atom is -0.513 e. The van der Waals surface area contributed by atoms with Gasteiger partial charge >= 0.3 is 0 Å². The Hall–Kier alpha value is -2.28. The van der Waals surface area contributed by atoms with Crippen molar-refractivity contribution in [3.8, 4) is 0 Å². The average molecular weight is 405 g/mol. The Morgan fingerprint density at radius 1 is 0.967 bits per heavy atom. The minimum absolute atomic E-state index is 0.115. The molecule has 1 nitrogen and oxygen atoms in total. The van der Waals surface area contributed by atoms with E-state index < -0.39 is 0 Å². The van der Waals surface area contributed by atoms with Crippen molar-refractivity contribution < 1.29 is 5.11 Å². The molecule has 1 atom stereocenters. The van der Waals surface area contributed by atoms with Crippen LogP contribution in [0.15, 0.2) is 83.7 Å². The van der Waals surface area contributed by atoms with E-state index in [1.165, 1.54) is 48.8 Å². The maximum atomic E-state index is 9.99. The van der Waals surface area contributed by atoms with E-state index in [0.29, 0.717) is 11.7 Å². The van der Waals surface area contributed by atoms with Crippen LogP contribution >= 0.6 is 0 Å². The summed E-state index contributed by atoms with van der Waals surface area (Å²) >= 11 is 0. The van der Waals surface area contributed by atoms with Gasteiger partial charge in [0.25, 0.3) is 0 Å². The van der Waals surface area contributed by atoms with Crippen LogP contribution in [0.1, 0.15) is 89.7 Å². The van der Waals surface area contributed by atoms with E-state index in [-0.39, 0.29) is 5.92 Å². The van der Waals surface area contributed by atoms with Crippen LogP contribution in [-0.2, 0) is 0 Å². The molecule has 0 saturated heterocycles. The van der Waals surface area contributed by atoms with Gasteiger partial charge in [-0.1, -0.05) is 79.6 Å². The van der Waals surface area contributed by atoms with E-state index in [4.69, 9.17) is 0 Å². The number of allylic oxidation sites excluding steroid dienone is 10. The van der Waals surface area contributed by atoms with Crippen molar-refractivity contribution in [2.75, 3.05) is 0 Å². The molecule has 2 rings (SSSR count). The highest BCUT2D eigenvalue weighted by Gasteiger charge is 2.22. The maximum absolute atomic E-state index is 9.99. The lowest BCUT2D eigenvalue weighted by Crippen LogP contribution is -2.12. The second-order valence-electron chi connectivity index (χ2n) is 8.64. The van der Waals surface area contributed by atoms with Gasteiger partial charge in [0.1, 0.15) is 0 Å². The van der Waals surface area contributed by atoms with Gasteiger partial charge in [0.15, 0.2) is 0 Å². The number of aliphatic hydroxyl groups is 1. The van der Waals surface area contributed by atoms with E-state index in [0.717, 1.165) is 11.5 Å². The summed E-state index contributed by atoms with van der Waals surface area (Å²) in [6.45, 7) is 10.3. The van der Waals surface area contributed by atoms with E-state index in [1.807, 2.05) is 32.1 Å². The zero-order chi connectivity index (χ0) is 21.9. The molecule has 30 heavy (non-hydrogen) atoms. The Morgan fingerprint density at radius 2 is 1.57 bits per heavy atom. The second kappa shape index (κ2) is 12.4. The topological polar surface area (TPSA) is 20.2 Å². The first-order valence-electron chi connectivity index (χ1n) is 11.6. The molecule has 0 amide bonds. The van der Waals surface area contributed by atoms with Gasteiger partial charge in [-0.25, -0.2) is 0 Å². The fourth-order valence-electron chi connectivity index (χ4n) is 4.60. The molecule has 1 unspecified atom stereocenters. The smallest absolute Gasteiger partial charge is 0.0894 e. The Kier molecular flexibility index (Phi) is 9.94. The molecule has 1 heteroatoms. The maximum Gasteiger partial charge on any atom is 0.0894 e. The van der Waals surface area contributed by atoms with Crippen LogP contribution in [0.3, 0.4) is 0 Å². The van der Waals surface area contributed by atoms with Crippen molar-refractivity contribution in [2.24, 2.45) is 5.92 Å². The van der Waals surface area contributed by atoms with Crippen molar-refractivity contribution in [3.63, 3.8) is 0 Å². The zero-order valence-electron chi connectivity index (χ0n) is 19.6. The first-order chi connectivity index (χ1) is 14.5. The predicted octanol–water partition coefficient (Wildman–Crippen LogP) is 8.94. The van der Waals surface area contributed by atoms with Gasteiger partial charge in [-0.2, -0.15) is 0 Å². The highest BCUT2D eigenvalue weighted by atomic mass is 16.3. The molecule has 1 N–H and O–H groups in total. The number of hydrogen-bond donors (Lipinski definition) is 1. The third kappa shape index (κ3) is 6.90. The number of aliphatic hydroxyl groups excluding tert-OH is 1. The lowest BCUT2D eigenvalue weighted by Gasteiger charge is -2.28. The molecule has 0 radical (unpaired) electrons. The van der Waals surface area contributed by atoms with E-state index in [1.54, 1.807) is 6.92 Å². The molecule has 1 aromatic carbocycles. The van der Waals surface area contributed by atoms with Crippen LogP contribution in [0.4, 0.5) is 0 Å². The molecule has 1 saturated carbocycles. The molecule has 1 aliphatic rings. The van der Waals surface area contributed by atoms with Crippen LogP contribution in [-0.4, -0.2) is 5.11 Å². The second-order valence-corrected chi connectivity index (χ2v) is 8.64. The summed E-state index contributed by atoms with van der Waals surface area (Å²) in [5.74, 6) is 2.08. The van der Waals surface area contributed by atoms with Crippen LogP contribution in [0.5, 0.6) is 0 Å². The van der Waals surface area contributed by atoms with Crippen LogP contribution in [0.2, 0.25) is 0 Å². The molecule has 0 spiro atoms. The van der Waals surface area contributed by atoms with E-state index >= 15 is 0 Å². The lowest BCUT2D eigenvalue weighted by molar-refractivity contribution is 0.319. The molecular formula is C29H40O. The molecule has 1 aromatic rings. The summed E-state index contributed by atoms with van der Waals surface area (Å²) in [5.41, 5.74) is 5.11. The Balaban J connectivity index is 2.37. The van der Waals surface area contributed by atoms with Crippen molar-refractivity contribution >= 4 is 0 Å². The molecule has 0 aliphatic heterocycles. The summed E-state index contributed by atoms with van der Waals surface area (Å²) in [6, 6.07) is 9.27. The standard InChI is InChI=1S/C29H40O/c1-6-9-11-22(4)29(28(12-10-7-2)21-23(5)30)27-19-17-26(18-20-27)25-15-13-24(8-3)14-16-25/h6-7,9-12,17-21,24-25,29-30H,8,13-16H2,1-5H3/b9-6-,10-7-,22-11+,23-21+,28-12+. The fourth-order valence-corrected chi connectivity index (χ4v) is 4.60. The predicted molar refractivity (Wildman–Crippen MR) is 132 cm³/mol. The SMILES string of the molecule is C\C=C/C=C(\C=C(/C)O)C(/C(C)=C/C=C\C)c1ccc(C2CCC(CC)CC2)cc1. The molecule has 162 valence electrons. The van der Waals surface area contributed by atoms with E-state index in [2.05, 4.69) is 62.4 Å². The third-order valence-electron chi connectivity index (χ3n) is 6.36. The summed E-state index contributed by atoms with van der Waals surface area (Å²) in [4.78, 5) is 0. The fraction of sp³-hybridized carbons (Fsp3) is 0.448. The average Bonchev–Trinajstić information content (AvgIpc) is 2.76. The van der Waals surface area contributed by atoms with Gasteiger partial charge in [-0.05, 0) is 88.0 Å². The summed E-state index contributed by atoms with van der Waals surface area (Å²) < 4.78 is 0. The molecule has 0 bridgehead atoms. The largest absolute Gasteiger partial charge is 0.513 e. The highest BCUT2D eigenvalue weighted by molar-refractivity contribution is 5.46. The van der Waals surface area contributed by atoms with Gasteiger partial charge in [0.2, 0.25) is 0 Å². The minimum atomic E-state index is 0.115. The van der Waals surface area contributed by atoms with Gasteiger partial charge in [0.05, 0.1) is 5.76 Å². The highest BCUT2D eigenvalue weighted by Crippen LogP contribution is 2.38.